The Hall–Kier alpha value is -1.30. The highest BCUT2D eigenvalue weighted by Gasteiger charge is 2.24. The maximum absolute atomic E-state index is 12.6. The molecule has 0 spiro atoms. The number of thioether (sulfide) groups is 1. The number of nitrogens with one attached hydrogen (secondary N) is 1. The summed E-state index contributed by atoms with van der Waals surface area (Å²) in [6.07, 6.45) is 8.67. The van der Waals surface area contributed by atoms with E-state index in [9.17, 15) is 9.59 Å². The van der Waals surface area contributed by atoms with E-state index < -0.39 is 0 Å². The molecule has 0 atom stereocenters. The van der Waals surface area contributed by atoms with Crippen molar-refractivity contribution in [3.05, 3.63) is 21.6 Å². The molecule has 6 heteroatoms. The van der Waals surface area contributed by atoms with Gasteiger partial charge in [-0.25, -0.2) is 4.98 Å². The number of hydrogen-bond acceptors (Lipinski definition) is 4. The zero-order valence-electron chi connectivity index (χ0n) is 14.4. The Morgan fingerprint density at radius 1 is 1.35 bits per heavy atom. The Morgan fingerprint density at radius 2 is 2.04 bits per heavy atom. The van der Waals surface area contributed by atoms with Crippen molar-refractivity contribution in [2.45, 2.75) is 70.0 Å². The summed E-state index contributed by atoms with van der Waals surface area (Å²) in [7, 11) is 0. The summed E-state index contributed by atoms with van der Waals surface area (Å²) >= 11 is 1.42. The molecule has 0 unspecified atom stereocenters. The standard InChI is InChI=1S/C17H27N3O2S/c1-4-20(13-8-6-5-7-9-13)15(21)11-10-14-12(2)18-17(23-3)19-16(14)22/h13H,4-11H2,1-3H3,(H,18,19,22). The van der Waals surface area contributed by atoms with Crippen LogP contribution in [0.5, 0.6) is 0 Å². The van der Waals surface area contributed by atoms with Gasteiger partial charge in [0.05, 0.1) is 0 Å². The van der Waals surface area contributed by atoms with Crippen molar-refractivity contribution in [3.8, 4) is 0 Å². The fourth-order valence-corrected chi connectivity index (χ4v) is 3.81. The Kier molecular flexibility index (Phi) is 6.69. The van der Waals surface area contributed by atoms with Gasteiger partial charge in [0, 0.05) is 30.3 Å². The topological polar surface area (TPSA) is 66.1 Å². The van der Waals surface area contributed by atoms with E-state index in [4.69, 9.17) is 0 Å². The molecule has 5 nitrogen and oxygen atoms in total. The fraction of sp³-hybridized carbons (Fsp3) is 0.706. The fourth-order valence-electron chi connectivity index (χ4n) is 3.38. The van der Waals surface area contributed by atoms with E-state index in [0.29, 0.717) is 29.6 Å². The van der Waals surface area contributed by atoms with Crippen LogP contribution < -0.4 is 5.56 Å². The van der Waals surface area contributed by atoms with E-state index in [2.05, 4.69) is 9.97 Å². The number of aryl methyl sites for hydroxylation is 1. The third-order valence-corrected chi connectivity index (χ3v) is 5.24. The van der Waals surface area contributed by atoms with Gasteiger partial charge in [0.25, 0.3) is 5.56 Å². The molecule has 0 saturated heterocycles. The van der Waals surface area contributed by atoms with Crippen molar-refractivity contribution in [2.75, 3.05) is 12.8 Å². The van der Waals surface area contributed by atoms with Crippen molar-refractivity contribution >= 4 is 17.7 Å². The summed E-state index contributed by atoms with van der Waals surface area (Å²) in [5.74, 6) is 0.159. The molecule has 1 aliphatic rings. The molecule has 0 bridgehead atoms. The second-order valence-corrected chi connectivity index (χ2v) is 6.91. The van der Waals surface area contributed by atoms with Crippen LogP contribution in [0.1, 0.15) is 56.7 Å². The van der Waals surface area contributed by atoms with E-state index in [1.807, 2.05) is 25.0 Å². The molecule has 1 aromatic rings. The molecule has 1 N–H and O–H groups in total. The van der Waals surface area contributed by atoms with E-state index in [1.165, 1.54) is 31.0 Å². The Morgan fingerprint density at radius 3 is 2.61 bits per heavy atom. The molecule has 23 heavy (non-hydrogen) atoms. The highest BCUT2D eigenvalue weighted by atomic mass is 32.2. The molecule has 0 aliphatic heterocycles. The average molecular weight is 337 g/mol. The van der Waals surface area contributed by atoms with Crippen molar-refractivity contribution in [3.63, 3.8) is 0 Å². The van der Waals surface area contributed by atoms with Crippen LogP contribution >= 0.6 is 11.8 Å². The Balaban J connectivity index is 2.01. The summed E-state index contributed by atoms with van der Waals surface area (Å²) in [5, 5.41) is 0.625. The zero-order chi connectivity index (χ0) is 16.8. The number of H-pyrrole nitrogens is 1. The molecule has 0 aromatic carbocycles. The number of aromatic amines is 1. The van der Waals surface area contributed by atoms with Crippen molar-refractivity contribution < 1.29 is 4.79 Å². The molecule has 1 aromatic heterocycles. The van der Waals surface area contributed by atoms with Gasteiger partial charge in [-0.2, -0.15) is 0 Å². The Labute approximate surface area is 142 Å². The molecular weight excluding hydrogens is 310 g/mol. The second-order valence-electron chi connectivity index (χ2n) is 6.11. The first-order chi connectivity index (χ1) is 11.1. The minimum Gasteiger partial charge on any atom is -0.340 e. The van der Waals surface area contributed by atoms with E-state index in [-0.39, 0.29) is 11.5 Å². The molecule has 1 fully saturated rings. The zero-order valence-corrected chi connectivity index (χ0v) is 15.2. The van der Waals surface area contributed by atoms with Crippen molar-refractivity contribution in [2.24, 2.45) is 0 Å². The van der Waals surface area contributed by atoms with Gasteiger partial charge in [-0.15, -0.1) is 0 Å². The third-order valence-electron chi connectivity index (χ3n) is 4.66. The third kappa shape index (κ3) is 4.59. The lowest BCUT2D eigenvalue weighted by Gasteiger charge is -2.33. The van der Waals surface area contributed by atoms with Crippen LogP contribution in [0.2, 0.25) is 0 Å². The molecular formula is C17H27N3O2S. The van der Waals surface area contributed by atoms with Crippen molar-refractivity contribution in [1.29, 1.82) is 0 Å². The summed E-state index contributed by atoms with van der Waals surface area (Å²) in [6, 6.07) is 0.387. The van der Waals surface area contributed by atoms with Crippen LogP contribution in [0.4, 0.5) is 0 Å². The van der Waals surface area contributed by atoms with Gasteiger partial charge >= 0.3 is 0 Å². The first kappa shape index (κ1) is 18.0. The predicted molar refractivity (Wildman–Crippen MR) is 94.0 cm³/mol. The summed E-state index contributed by atoms with van der Waals surface area (Å²) in [4.78, 5) is 33.9. The lowest BCUT2D eigenvalue weighted by Crippen LogP contribution is -2.41. The first-order valence-corrected chi connectivity index (χ1v) is 9.72. The summed E-state index contributed by atoms with van der Waals surface area (Å²) in [5.41, 5.74) is 1.25. The maximum Gasteiger partial charge on any atom is 0.254 e. The monoisotopic (exact) mass is 337 g/mol. The van der Waals surface area contributed by atoms with Crippen LogP contribution in [0.25, 0.3) is 0 Å². The lowest BCUT2D eigenvalue weighted by atomic mass is 9.94. The van der Waals surface area contributed by atoms with E-state index in [0.717, 1.165) is 25.1 Å². The molecule has 1 heterocycles. The number of carbonyl (C=O) groups excluding carboxylic acids is 1. The molecule has 0 radical (unpaired) electrons. The van der Waals surface area contributed by atoms with Gasteiger partial charge in [-0.1, -0.05) is 31.0 Å². The molecule has 2 rings (SSSR count). The van der Waals surface area contributed by atoms with Crippen LogP contribution in [0.15, 0.2) is 9.95 Å². The largest absolute Gasteiger partial charge is 0.340 e. The molecule has 1 amide bonds. The van der Waals surface area contributed by atoms with Crippen LogP contribution in [0.3, 0.4) is 0 Å². The number of nitrogens with zero attached hydrogens (tertiary/aromatic N) is 2. The number of hydrogen-bond donors (Lipinski definition) is 1. The lowest BCUT2D eigenvalue weighted by molar-refractivity contribution is -0.133. The molecule has 1 aliphatic carbocycles. The highest BCUT2D eigenvalue weighted by Crippen LogP contribution is 2.23. The molecule has 128 valence electrons. The number of carbonyl (C=O) groups is 1. The van der Waals surface area contributed by atoms with Crippen molar-refractivity contribution in [1.82, 2.24) is 14.9 Å². The average Bonchev–Trinajstić information content (AvgIpc) is 2.55. The van der Waals surface area contributed by atoms with E-state index >= 15 is 0 Å². The molecule has 1 saturated carbocycles. The minimum absolute atomic E-state index is 0.115. The van der Waals surface area contributed by atoms with Gasteiger partial charge in [-0.05, 0) is 39.4 Å². The first-order valence-electron chi connectivity index (χ1n) is 8.50. The van der Waals surface area contributed by atoms with Gasteiger partial charge in [0.15, 0.2) is 5.16 Å². The van der Waals surface area contributed by atoms with Crippen LogP contribution in [0, 0.1) is 6.92 Å². The number of amides is 1. The minimum atomic E-state index is -0.115. The quantitative estimate of drug-likeness (QED) is 0.640. The summed E-state index contributed by atoms with van der Waals surface area (Å²) in [6.45, 7) is 4.63. The smallest absolute Gasteiger partial charge is 0.254 e. The van der Waals surface area contributed by atoms with Gasteiger partial charge in [0.1, 0.15) is 0 Å². The number of aromatic nitrogens is 2. The summed E-state index contributed by atoms with van der Waals surface area (Å²) < 4.78 is 0. The highest BCUT2D eigenvalue weighted by molar-refractivity contribution is 7.98. The predicted octanol–water partition coefficient (Wildman–Crippen LogP) is 2.91. The Bertz CT molecular complexity index is 594. The number of rotatable bonds is 6. The van der Waals surface area contributed by atoms with Gasteiger partial charge < -0.3 is 9.88 Å². The maximum atomic E-state index is 12.6. The SMILES string of the molecule is CCN(C(=O)CCc1c(C)nc(SC)[nH]c1=O)C1CCCCC1. The normalized spacial score (nSPS) is 15.6. The van der Waals surface area contributed by atoms with Gasteiger partial charge in [-0.3, -0.25) is 9.59 Å². The van der Waals surface area contributed by atoms with E-state index in [1.54, 1.807) is 0 Å². The van der Waals surface area contributed by atoms with Gasteiger partial charge in [0.2, 0.25) is 5.91 Å². The second kappa shape index (κ2) is 8.52. The van der Waals surface area contributed by atoms with Crippen LogP contribution in [-0.4, -0.2) is 39.6 Å². The van der Waals surface area contributed by atoms with Crippen LogP contribution in [-0.2, 0) is 11.2 Å².